The van der Waals surface area contributed by atoms with Gasteiger partial charge in [-0.25, -0.2) is 0 Å². The van der Waals surface area contributed by atoms with Crippen LogP contribution in [0, 0.1) is 6.92 Å². The molecule has 0 heterocycles. The van der Waals surface area contributed by atoms with Crippen LogP contribution in [-0.2, 0) is 11.2 Å². The lowest BCUT2D eigenvalue weighted by molar-refractivity contribution is -0.123. The maximum Gasteiger partial charge on any atom is 0.220 e. The maximum absolute atomic E-state index is 11.8. The molecule has 0 radical (unpaired) electrons. The summed E-state index contributed by atoms with van der Waals surface area (Å²) in [5.74, 6) is -0.00472. The number of hydrogen-bond acceptors (Lipinski definition) is 2. The SMILES string of the molecule is CCC(C)(CO)NC(=O)CCc1cccc(C)c1. The summed E-state index contributed by atoms with van der Waals surface area (Å²) in [5.41, 5.74) is 1.89. The second-order valence-corrected chi connectivity index (χ2v) is 5.11. The number of nitrogens with one attached hydrogen (secondary N) is 1. The highest BCUT2D eigenvalue weighted by Gasteiger charge is 2.22. The summed E-state index contributed by atoms with van der Waals surface area (Å²) in [6.45, 7) is 5.83. The van der Waals surface area contributed by atoms with E-state index < -0.39 is 5.54 Å². The Hall–Kier alpha value is -1.35. The number of aliphatic hydroxyl groups excluding tert-OH is 1. The summed E-state index contributed by atoms with van der Waals surface area (Å²) in [7, 11) is 0. The van der Waals surface area contributed by atoms with Gasteiger partial charge in [0, 0.05) is 6.42 Å². The van der Waals surface area contributed by atoms with Gasteiger partial charge < -0.3 is 10.4 Å². The Morgan fingerprint density at radius 1 is 1.44 bits per heavy atom. The molecule has 0 fully saturated rings. The normalized spacial score (nSPS) is 14.0. The maximum atomic E-state index is 11.8. The number of amides is 1. The lowest BCUT2D eigenvalue weighted by Gasteiger charge is -2.27. The highest BCUT2D eigenvalue weighted by atomic mass is 16.3. The molecule has 3 nitrogen and oxygen atoms in total. The van der Waals surface area contributed by atoms with E-state index in [1.807, 2.05) is 39.0 Å². The van der Waals surface area contributed by atoms with Gasteiger partial charge in [0.25, 0.3) is 0 Å². The molecule has 0 aromatic heterocycles. The molecule has 0 aliphatic rings. The van der Waals surface area contributed by atoms with Gasteiger partial charge in [-0.05, 0) is 32.3 Å². The van der Waals surface area contributed by atoms with Gasteiger partial charge in [-0.3, -0.25) is 4.79 Å². The second kappa shape index (κ2) is 6.55. The van der Waals surface area contributed by atoms with E-state index >= 15 is 0 Å². The second-order valence-electron chi connectivity index (χ2n) is 5.11. The van der Waals surface area contributed by atoms with Gasteiger partial charge in [0.2, 0.25) is 5.91 Å². The molecule has 18 heavy (non-hydrogen) atoms. The van der Waals surface area contributed by atoms with Crippen LogP contribution in [0.5, 0.6) is 0 Å². The molecule has 1 aromatic carbocycles. The Bertz CT molecular complexity index is 397. The smallest absolute Gasteiger partial charge is 0.220 e. The van der Waals surface area contributed by atoms with Crippen molar-refractivity contribution >= 4 is 5.91 Å². The van der Waals surface area contributed by atoms with Crippen molar-refractivity contribution in [1.29, 1.82) is 0 Å². The molecule has 0 aliphatic carbocycles. The van der Waals surface area contributed by atoms with E-state index in [9.17, 15) is 9.90 Å². The average molecular weight is 249 g/mol. The topological polar surface area (TPSA) is 49.3 Å². The average Bonchev–Trinajstić information content (AvgIpc) is 2.36. The Labute approximate surface area is 109 Å². The first kappa shape index (κ1) is 14.7. The lowest BCUT2D eigenvalue weighted by Crippen LogP contribution is -2.48. The van der Waals surface area contributed by atoms with Crippen LogP contribution in [0.15, 0.2) is 24.3 Å². The molecule has 1 aromatic rings. The van der Waals surface area contributed by atoms with Gasteiger partial charge in [0.05, 0.1) is 12.1 Å². The van der Waals surface area contributed by atoms with Crippen LogP contribution in [0.25, 0.3) is 0 Å². The van der Waals surface area contributed by atoms with Crippen molar-refractivity contribution in [1.82, 2.24) is 5.32 Å². The van der Waals surface area contributed by atoms with Crippen LogP contribution in [-0.4, -0.2) is 23.2 Å². The van der Waals surface area contributed by atoms with E-state index in [1.54, 1.807) is 0 Å². The zero-order valence-corrected chi connectivity index (χ0v) is 11.5. The molecule has 0 bridgehead atoms. The molecule has 0 aliphatic heterocycles. The summed E-state index contributed by atoms with van der Waals surface area (Å²) >= 11 is 0. The number of rotatable bonds is 6. The zero-order chi connectivity index (χ0) is 13.6. The minimum atomic E-state index is -0.496. The van der Waals surface area contributed by atoms with E-state index in [0.29, 0.717) is 6.42 Å². The monoisotopic (exact) mass is 249 g/mol. The van der Waals surface area contributed by atoms with Gasteiger partial charge in [0.15, 0.2) is 0 Å². The Kier molecular flexibility index (Phi) is 5.35. The van der Waals surface area contributed by atoms with E-state index in [2.05, 4.69) is 11.4 Å². The van der Waals surface area contributed by atoms with Crippen LogP contribution in [0.3, 0.4) is 0 Å². The minimum Gasteiger partial charge on any atom is -0.394 e. The third-order valence-corrected chi connectivity index (χ3v) is 3.29. The first-order valence-corrected chi connectivity index (χ1v) is 6.46. The number of aryl methyl sites for hydroxylation is 2. The quantitative estimate of drug-likeness (QED) is 0.812. The number of carbonyl (C=O) groups is 1. The molecule has 1 unspecified atom stereocenters. The first-order valence-electron chi connectivity index (χ1n) is 6.46. The predicted octanol–water partition coefficient (Wildman–Crippen LogP) is 2.20. The Morgan fingerprint density at radius 2 is 2.17 bits per heavy atom. The molecule has 1 rings (SSSR count). The van der Waals surface area contributed by atoms with Crippen molar-refractivity contribution < 1.29 is 9.90 Å². The molecule has 2 N–H and O–H groups in total. The third-order valence-electron chi connectivity index (χ3n) is 3.29. The fourth-order valence-corrected chi connectivity index (χ4v) is 1.76. The highest BCUT2D eigenvalue weighted by Crippen LogP contribution is 2.10. The minimum absolute atomic E-state index is 0.00472. The van der Waals surface area contributed by atoms with Gasteiger partial charge in [-0.15, -0.1) is 0 Å². The van der Waals surface area contributed by atoms with Crippen LogP contribution < -0.4 is 5.32 Å². The standard InChI is InChI=1S/C15H23NO2/c1-4-15(3,11-17)16-14(18)9-8-13-7-5-6-12(2)10-13/h5-7,10,17H,4,8-9,11H2,1-3H3,(H,16,18). The molecule has 0 saturated heterocycles. The van der Waals surface area contributed by atoms with Crippen molar-refractivity contribution in [2.45, 2.75) is 45.6 Å². The highest BCUT2D eigenvalue weighted by molar-refractivity contribution is 5.77. The van der Waals surface area contributed by atoms with Crippen molar-refractivity contribution in [3.8, 4) is 0 Å². The fourth-order valence-electron chi connectivity index (χ4n) is 1.76. The molecule has 1 amide bonds. The summed E-state index contributed by atoms with van der Waals surface area (Å²) in [4.78, 5) is 11.8. The lowest BCUT2D eigenvalue weighted by atomic mass is 9.99. The Balaban J connectivity index is 2.47. The Morgan fingerprint density at radius 3 is 2.72 bits per heavy atom. The van der Waals surface area contributed by atoms with E-state index in [-0.39, 0.29) is 12.5 Å². The van der Waals surface area contributed by atoms with Gasteiger partial charge in [0.1, 0.15) is 0 Å². The van der Waals surface area contributed by atoms with Gasteiger partial charge >= 0.3 is 0 Å². The molecule has 0 saturated carbocycles. The molecular weight excluding hydrogens is 226 g/mol. The number of carbonyl (C=O) groups excluding carboxylic acids is 1. The molecular formula is C15H23NO2. The summed E-state index contributed by atoms with van der Waals surface area (Å²) in [6, 6.07) is 8.18. The van der Waals surface area contributed by atoms with Crippen LogP contribution in [0.1, 0.15) is 37.8 Å². The first-order chi connectivity index (χ1) is 8.49. The fraction of sp³-hybridized carbons (Fsp3) is 0.533. The predicted molar refractivity (Wildman–Crippen MR) is 73.4 cm³/mol. The largest absolute Gasteiger partial charge is 0.394 e. The van der Waals surface area contributed by atoms with Gasteiger partial charge in [-0.2, -0.15) is 0 Å². The van der Waals surface area contributed by atoms with Crippen LogP contribution >= 0.6 is 0 Å². The number of aliphatic hydroxyl groups is 1. The van der Waals surface area contributed by atoms with Crippen LogP contribution in [0.4, 0.5) is 0 Å². The van der Waals surface area contributed by atoms with Crippen molar-refractivity contribution in [3.05, 3.63) is 35.4 Å². The van der Waals surface area contributed by atoms with Crippen molar-refractivity contribution in [2.75, 3.05) is 6.61 Å². The molecule has 1 atom stereocenters. The van der Waals surface area contributed by atoms with Crippen LogP contribution in [0.2, 0.25) is 0 Å². The zero-order valence-electron chi connectivity index (χ0n) is 11.5. The van der Waals surface area contributed by atoms with E-state index in [4.69, 9.17) is 0 Å². The third kappa shape index (κ3) is 4.49. The molecule has 100 valence electrons. The summed E-state index contributed by atoms with van der Waals surface area (Å²) in [6.07, 6.45) is 1.91. The van der Waals surface area contributed by atoms with Crippen molar-refractivity contribution in [2.24, 2.45) is 0 Å². The summed E-state index contributed by atoms with van der Waals surface area (Å²) in [5, 5.41) is 12.1. The molecule has 3 heteroatoms. The van der Waals surface area contributed by atoms with Gasteiger partial charge in [-0.1, -0.05) is 36.8 Å². The number of benzene rings is 1. The van der Waals surface area contributed by atoms with Crippen molar-refractivity contribution in [3.63, 3.8) is 0 Å². The van der Waals surface area contributed by atoms with E-state index in [1.165, 1.54) is 11.1 Å². The number of hydrogen-bond donors (Lipinski definition) is 2. The molecule has 0 spiro atoms. The summed E-state index contributed by atoms with van der Waals surface area (Å²) < 4.78 is 0. The van der Waals surface area contributed by atoms with E-state index in [0.717, 1.165) is 12.8 Å².